The van der Waals surface area contributed by atoms with E-state index in [0.29, 0.717) is 27.3 Å². The van der Waals surface area contributed by atoms with Gasteiger partial charge in [-0.05, 0) is 152 Å². The van der Waals surface area contributed by atoms with Crippen LogP contribution in [-0.2, 0) is 42.8 Å². The summed E-state index contributed by atoms with van der Waals surface area (Å²) < 4.78 is 37.7. The van der Waals surface area contributed by atoms with Crippen molar-refractivity contribution in [2.24, 2.45) is 56.2 Å². The SMILES string of the molecule is CC1=C2C(O)C(=O)[C@]3(C)C(O)CC4OC[C@@]4(O)C3C(OC(=O)c3ccccc3)C(O)(CC1O)C2(C)C.CC1=C2C(O)C(=O)[C@]3(C)CCC4OC[C@@]4(O)C3C(OC(=O)c3ccccc3)C(O)(CC1O)C2(C)C.CI.CSC(=S)[C@H]1CC2OC[C@@]2(O)C2C(OC(=O)c3ccccc3)C3(O)CC(O)C(C)=C(C(O)C(=O)[C@@]21C)C3(C)C.S=C=S.[Ac].[Ac].[Ac].[Ac].[Ac].[Ac].[H-].[Na+]. The summed E-state index contributed by atoms with van der Waals surface area (Å²) in [5.74, 6) is -8.32. The molecular formula is C85H108Ac6INaO25S4. The molecule has 3 saturated heterocycles. The van der Waals surface area contributed by atoms with Gasteiger partial charge in [-0.2, -0.15) is 0 Å². The number of carbonyl (C=O) groups excluding carboxylic acids is 6. The van der Waals surface area contributed by atoms with Gasteiger partial charge in [-0.1, -0.05) is 145 Å². The third-order valence-corrected chi connectivity index (χ3v) is 30.8. The van der Waals surface area contributed by atoms with Gasteiger partial charge < -0.3 is 96.2 Å². The number of rotatable bonds is 7. The summed E-state index contributed by atoms with van der Waals surface area (Å²) in [7, 11) is 0. The fraction of sp³-hybridized carbons (Fsp3) is 0.624. The summed E-state index contributed by atoms with van der Waals surface area (Å²) in [5, 5.41) is 152. The maximum Gasteiger partial charge on any atom is 1.00 e. The van der Waals surface area contributed by atoms with E-state index in [1.165, 1.54) is 18.7 Å². The first-order valence-corrected chi connectivity index (χ1v) is 43.1. The van der Waals surface area contributed by atoms with Crippen LogP contribution in [0.25, 0.3) is 0 Å². The monoisotopic (exact) mass is 3170 g/mol. The van der Waals surface area contributed by atoms with Crippen molar-refractivity contribution in [1.29, 1.82) is 0 Å². The standard InChI is InChI=1S/C29H36O8S2.C27H34O9.C27H34O8.CH3I.CS2.6Ac.Na.H/c1-14-17(30)12-29(35)23(37-24(33)15-9-7-6-8-10-15)21-27(4,22(32)20(31)19(14)26(29,2)3)16(25(38)39-5)11-18-28(21,34)13-36-18;1-13-15(28)11-27(34)22(36-23(32)14-8-6-5-7-9-14)20-25(4,16(29)10-17-26(20,33)12-35-17)21(31)19(30)18(13)24(27,2)3;1-14-16(28)12-27(33)22(35-23(31)15-8-6-5-7-9-15)20-25(4,11-10-17-26(20,32)13-34-17)21(30)19(29)18(14)24(27,2)3;1-2;2-1-3;;;;;;;;/h6-10,16-18,20-21,23,30-31,34-35H,11-13H2,1-5H3;5-9,15-17,19-20,22,28-30,33-34H,10-12H2,1-4H3;5-9,16-17,19-20,22,28-29,32-33H,10-13H2,1-4H3;1H3;;;;;;;;;/q;;;;;;;;;;;+1;-1/t16-,17?,18?,20?,21?,23?,27-,28+,29?;15?,16?,17?,19?,20?,22?,25-,26+,27?;16?,17?,19?,20?,22?,25-,26+,27?;;;;;;;;;;/m111........../s1. The molecule has 3 aliphatic heterocycles. The number of fused-ring (bicyclic) bond motifs is 15. The Bertz CT molecular complexity index is 4510. The Balaban J connectivity index is 0.000000450. The Labute approximate surface area is 985 Å². The zero-order valence-corrected chi connectivity index (χ0v) is 107. The number of thioether (sulfide) groups is 1. The Morgan fingerprint density at radius 1 is 0.467 bits per heavy atom. The van der Waals surface area contributed by atoms with Crippen LogP contribution < -0.4 is 29.6 Å². The molecule has 0 amide bonds. The molecule has 3 aromatic rings. The Morgan fingerprint density at radius 3 is 1.05 bits per heavy atom. The molecule has 26 atom stereocenters. The molecule has 25 nitrogen and oxygen atoms in total. The number of esters is 3. The second-order valence-corrected chi connectivity index (χ2v) is 37.7. The minimum Gasteiger partial charge on any atom is -1.00 e. The zero-order valence-electron chi connectivity index (χ0n) is 72.2. The van der Waals surface area contributed by atoms with E-state index < -0.39 is 204 Å². The Kier molecular flexibility index (Phi) is 43.8. The van der Waals surface area contributed by atoms with Gasteiger partial charge in [-0.25, -0.2) is 14.4 Å². The number of Topliss-reactive ketones (excluding diaryl/α,β-unsaturated/α-hetero) is 3. The van der Waals surface area contributed by atoms with Gasteiger partial charge in [0.25, 0.3) is 0 Å². The molecule has 37 heteroatoms. The number of alkyl halides is 1. The van der Waals surface area contributed by atoms with Crippen molar-refractivity contribution in [3.8, 4) is 0 Å². The van der Waals surface area contributed by atoms with Crippen LogP contribution in [0.15, 0.2) is 124 Å². The molecule has 6 radical (unpaired) electrons. The topological polar surface area (TPSA) is 421 Å². The maximum atomic E-state index is 14.5. The number of hydrogen-bond acceptors (Lipinski definition) is 29. The van der Waals surface area contributed by atoms with E-state index in [-0.39, 0.29) is 387 Å². The van der Waals surface area contributed by atoms with Gasteiger partial charge in [0.2, 0.25) is 0 Å². The second kappa shape index (κ2) is 44.9. The molecule has 15 rings (SSSR count). The number of benzene rings is 3. The maximum absolute atomic E-state index is 14.5. The number of carbonyl (C=O) groups is 6. The minimum absolute atomic E-state index is 0. The van der Waals surface area contributed by atoms with Crippen LogP contribution >= 0.6 is 71.0 Å². The molecular weight excluding hydrogens is 3060 g/mol. The molecule has 3 heterocycles. The summed E-state index contributed by atoms with van der Waals surface area (Å²) in [6.07, 6.45) is -14.5. The average Bonchev–Trinajstić information content (AvgIpc) is 0.679. The number of halogens is 1. The van der Waals surface area contributed by atoms with Crippen molar-refractivity contribution in [3.63, 3.8) is 0 Å². The fourth-order valence-corrected chi connectivity index (χ4v) is 23.3. The van der Waals surface area contributed by atoms with Gasteiger partial charge in [0.15, 0.2) is 17.3 Å². The third kappa shape index (κ3) is 19.5. The number of aliphatic hydroxyl groups excluding tert-OH is 7. The van der Waals surface area contributed by atoms with Crippen LogP contribution in [0.2, 0.25) is 0 Å². The first kappa shape index (κ1) is 119. The molecule has 9 fully saturated rings. The van der Waals surface area contributed by atoms with E-state index in [2.05, 4.69) is 47.0 Å². The summed E-state index contributed by atoms with van der Waals surface area (Å²) in [4.78, 5) is 84.8. The second-order valence-electron chi connectivity index (χ2n) is 35.4. The van der Waals surface area contributed by atoms with Crippen LogP contribution in [0.4, 0.5) is 0 Å². The van der Waals surface area contributed by atoms with E-state index in [9.17, 15) is 95.2 Å². The molecule has 6 bridgehead atoms. The summed E-state index contributed by atoms with van der Waals surface area (Å²) in [6, 6.07) is 24.7. The van der Waals surface area contributed by atoms with Gasteiger partial charge in [0.05, 0.1) is 88.9 Å². The molecule has 9 aliphatic carbocycles. The van der Waals surface area contributed by atoms with Gasteiger partial charge in [0, 0.05) is 345 Å². The van der Waals surface area contributed by atoms with Crippen molar-refractivity contribution >= 4 is 115 Å². The van der Waals surface area contributed by atoms with E-state index in [0.717, 1.165) is 0 Å². The zero-order chi connectivity index (χ0) is 85.4. The molecule has 12 aliphatic rings. The fourth-order valence-electron chi connectivity index (χ4n) is 22.3. The summed E-state index contributed by atoms with van der Waals surface area (Å²) in [5.41, 5.74) is -17.0. The third-order valence-electron chi connectivity index (χ3n) is 29.3. The van der Waals surface area contributed by atoms with Crippen molar-refractivity contribution < 1.29 is 419 Å². The van der Waals surface area contributed by atoms with Crippen LogP contribution in [0, 0.1) is 321 Å². The summed E-state index contributed by atoms with van der Waals surface area (Å²) in [6.45, 7) is 19.2. The van der Waals surface area contributed by atoms with E-state index >= 15 is 0 Å². The smallest absolute Gasteiger partial charge is 1.00 e. The summed E-state index contributed by atoms with van der Waals surface area (Å²) >= 11 is 17.1. The normalized spacial score (nSPS) is 40.0. The van der Waals surface area contributed by atoms with E-state index in [1.54, 1.807) is 173 Å². The van der Waals surface area contributed by atoms with Crippen LogP contribution in [0.3, 0.4) is 0 Å². The molecule has 3 aromatic carbocycles. The number of ketones is 3. The van der Waals surface area contributed by atoms with Gasteiger partial charge >= 0.3 is 47.5 Å². The first-order valence-electron chi connectivity index (χ1n) is 38.5. The Morgan fingerprint density at radius 2 is 0.746 bits per heavy atom. The predicted octanol–water partition coefficient (Wildman–Crippen LogP) is 3.69. The largest absolute Gasteiger partial charge is 1.00 e. The molecule has 122 heavy (non-hydrogen) atoms. The molecule has 19 unspecified atom stereocenters. The van der Waals surface area contributed by atoms with Gasteiger partial charge in [-0.15, -0.1) is 11.8 Å². The minimum atomic E-state index is -2.02. The van der Waals surface area contributed by atoms with Crippen molar-refractivity contribution in [2.45, 2.75) is 241 Å². The van der Waals surface area contributed by atoms with Gasteiger partial charge in [-0.3, -0.25) is 14.4 Å². The van der Waals surface area contributed by atoms with Crippen molar-refractivity contribution in [1.82, 2.24) is 0 Å². The van der Waals surface area contributed by atoms with E-state index in [4.69, 9.17) is 40.6 Å². The van der Waals surface area contributed by atoms with Crippen LogP contribution in [0.1, 0.15) is 161 Å². The molecule has 6 saturated carbocycles. The Hall–Kier alpha value is 4.70. The van der Waals surface area contributed by atoms with Crippen LogP contribution in [-0.4, -0.2) is 254 Å². The number of thiocarbonyl (C=S) groups is 3. The van der Waals surface area contributed by atoms with Crippen molar-refractivity contribution in [3.05, 3.63) is 141 Å². The molecule has 648 valence electrons. The van der Waals surface area contributed by atoms with Crippen LogP contribution in [0.5, 0.6) is 0 Å². The van der Waals surface area contributed by atoms with Crippen molar-refractivity contribution in [2.75, 3.05) is 31.0 Å². The molecule has 0 aromatic heterocycles. The first-order chi connectivity index (χ1) is 53.6. The molecule has 0 spiro atoms. The van der Waals surface area contributed by atoms with E-state index in [1.807, 2.05) is 9.24 Å². The number of aliphatic hydroxyl groups is 13. The van der Waals surface area contributed by atoms with Gasteiger partial charge in [0.1, 0.15) is 70.2 Å². The quantitative estimate of drug-likeness (QED) is 0.0305. The average molecular weight is 3170 g/mol. The number of hydrogen-bond donors (Lipinski definition) is 13. The predicted molar refractivity (Wildman–Crippen MR) is 440 cm³/mol. The molecule has 13 N–H and O–H groups in total. The number of ether oxygens (including phenoxy) is 6.